The normalized spacial score (nSPS) is 14.4. The predicted octanol–water partition coefficient (Wildman–Crippen LogP) is 24.1. The molecule has 0 aliphatic rings. The van der Waals surface area contributed by atoms with Crippen LogP contribution in [0.1, 0.15) is 316 Å². The SMILES string of the molecule is CC/C=C\C/C=C\C/C=C\C/C=C\C/C=C\C/C=C\C/C=C\C/C=C\C/C=C\C/C=C\C/C=C\CCCCCC(=O)NC(COP(=O)([O-])OCC[N+](C)(C)C)C(O)/C=C/CCCCCCCCCCCCCCCCCCCCCCCCCCCCCCCC. The highest BCUT2D eigenvalue weighted by Gasteiger charge is 2.23. The average Bonchev–Trinajstić information content (AvgIpc) is 3.42. The van der Waals surface area contributed by atoms with Gasteiger partial charge in [0.05, 0.1) is 39.9 Å². The number of hydrogen-bond donors (Lipinski definition) is 2. The van der Waals surface area contributed by atoms with Crippen molar-refractivity contribution in [3.8, 4) is 0 Å². The number of nitrogens with zero attached hydrogens (tertiary/aromatic N) is 1. The van der Waals surface area contributed by atoms with E-state index in [-0.39, 0.29) is 12.5 Å². The van der Waals surface area contributed by atoms with Crippen molar-refractivity contribution in [3.63, 3.8) is 0 Å². The molecule has 0 radical (unpaired) electrons. The lowest BCUT2D eigenvalue weighted by atomic mass is 10.0. The van der Waals surface area contributed by atoms with Crippen molar-refractivity contribution < 1.29 is 32.9 Å². The third kappa shape index (κ3) is 73.7. The summed E-state index contributed by atoms with van der Waals surface area (Å²) >= 11 is 0. The molecule has 0 aromatic carbocycles. The Hall–Kier alpha value is -3.62. The van der Waals surface area contributed by atoms with E-state index in [2.05, 4.69) is 153 Å². The van der Waals surface area contributed by atoms with Crippen molar-refractivity contribution in [1.82, 2.24) is 5.32 Å². The minimum atomic E-state index is -4.63. The Balaban J connectivity index is 4.17. The second-order valence-electron chi connectivity index (χ2n) is 26.3. The van der Waals surface area contributed by atoms with Gasteiger partial charge in [0.1, 0.15) is 13.2 Å². The number of nitrogens with one attached hydrogen (secondary N) is 1. The third-order valence-electron chi connectivity index (χ3n) is 16.3. The van der Waals surface area contributed by atoms with Crippen LogP contribution in [0.3, 0.4) is 0 Å². The molecule has 0 aromatic rings. The molecular weight excluding hydrogens is 1140 g/mol. The van der Waals surface area contributed by atoms with E-state index in [1.807, 2.05) is 27.2 Å². The highest BCUT2D eigenvalue weighted by molar-refractivity contribution is 7.45. The van der Waals surface area contributed by atoms with Gasteiger partial charge in [-0.1, -0.05) is 352 Å². The summed E-state index contributed by atoms with van der Waals surface area (Å²) in [6, 6.07) is -0.918. The molecule has 0 saturated heterocycles. The van der Waals surface area contributed by atoms with Crippen molar-refractivity contribution in [2.45, 2.75) is 328 Å². The van der Waals surface area contributed by atoms with Gasteiger partial charge < -0.3 is 28.8 Å². The summed E-state index contributed by atoms with van der Waals surface area (Å²) in [6.07, 6.45) is 108. The zero-order chi connectivity index (χ0) is 66.2. The average molecular weight is 1280 g/mol. The summed E-state index contributed by atoms with van der Waals surface area (Å²) in [7, 11) is 1.23. The predicted molar refractivity (Wildman–Crippen MR) is 398 cm³/mol. The van der Waals surface area contributed by atoms with Crippen molar-refractivity contribution >= 4 is 13.7 Å². The molecular formula is C82H143N2O6P. The van der Waals surface area contributed by atoms with E-state index in [4.69, 9.17) is 9.05 Å². The lowest BCUT2D eigenvalue weighted by molar-refractivity contribution is -0.870. The zero-order valence-electron chi connectivity index (χ0n) is 59.7. The summed E-state index contributed by atoms with van der Waals surface area (Å²) in [5.41, 5.74) is 0. The molecule has 1 amide bonds. The Morgan fingerprint density at radius 1 is 0.396 bits per heavy atom. The molecule has 0 fully saturated rings. The first-order chi connectivity index (χ1) is 44.5. The fraction of sp³-hybridized carbons (Fsp3) is 0.695. The fourth-order valence-corrected chi connectivity index (χ4v) is 11.2. The Labute approximate surface area is 563 Å². The number of phosphoric acid groups is 1. The van der Waals surface area contributed by atoms with E-state index in [1.165, 1.54) is 180 Å². The smallest absolute Gasteiger partial charge is 0.268 e. The Morgan fingerprint density at radius 2 is 0.670 bits per heavy atom. The largest absolute Gasteiger partial charge is 0.756 e. The van der Waals surface area contributed by atoms with E-state index < -0.39 is 26.6 Å². The molecule has 9 heteroatoms. The van der Waals surface area contributed by atoms with Gasteiger partial charge in [-0.25, -0.2) is 0 Å². The number of amides is 1. The number of hydrogen-bond acceptors (Lipinski definition) is 6. The molecule has 0 bridgehead atoms. The van der Waals surface area contributed by atoms with Crippen molar-refractivity contribution in [3.05, 3.63) is 146 Å². The molecule has 0 rings (SSSR count). The first-order valence-corrected chi connectivity index (χ1v) is 39.2. The number of aliphatic hydroxyl groups excluding tert-OH is 1. The number of likely N-dealkylation sites (N-methyl/N-ethyl adjacent to an activating group) is 1. The maximum absolute atomic E-state index is 13.0. The number of unbranched alkanes of at least 4 members (excludes halogenated alkanes) is 33. The van der Waals surface area contributed by atoms with Crippen LogP contribution in [-0.4, -0.2) is 68.5 Å². The van der Waals surface area contributed by atoms with Crippen LogP contribution in [-0.2, 0) is 18.4 Å². The molecule has 522 valence electrons. The van der Waals surface area contributed by atoms with Crippen LogP contribution in [0, 0.1) is 0 Å². The van der Waals surface area contributed by atoms with Gasteiger partial charge in [0.2, 0.25) is 5.91 Å². The molecule has 0 spiro atoms. The number of rotatable bonds is 68. The second kappa shape index (κ2) is 70.7. The molecule has 0 aromatic heterocycles. The van der Waals surface area contributed by atoms with Crippen LogP contribution in [0.5, 0.6) is 0 Å². The Morgan fingerprint density at radius 3 is 0.978 bits per heavy atom. The minimum Gasteiger partial charge on any atom is -0.756 e. The zero-order valence-corrected chi connectivity index (χ0v) is 60.6. The lowest BCUT2D eigenvalue weighted by Crippen LogP contribution is -2.45. The van der Waals surface area contributed by atoms with Crippen LogP contribution < -0.4 is 10.2 Å². The van der Waals surface area contributed by atoms with Crippen LogP contribution in [0.15, 0.2) is 146 Å². The van der Waals surface area contributed by atoms with Gasteiger partial charge in [0.25, 0.3) is 7.82 Å². The van der Waals surface area contributed by atoms with Crippen LogP contribution in [0.4, 0.5) is 0 Å². The summed E-state index contributed by atoms with van der Waals surface area (Å²) in [4.78, 5) is 25.7. The third-order valence-corrected chi connectivity index (χ3v) is 17.3. The van der Waals surface area contributed by atoms with Crippen LogP contribution in [0.25, 0.3) is 0 Å². The summed E-state index contributed by atoms with van der Waals surface area (Å²) < 4.78 is 23.5. The molecule has 0 saturated carbocycles. The number of carbonyl (C=O) groups excluding carboxylic acids is 1. The maximum Gasteiger partial charge on any atom is 0.268 e. The van der Waals surface area contributed by atoms with Gasteiger partial charge in [-0.3, -0.25) is 9.36 Å². The number of carbonyl (C=O) groups is 1. The Kier molecular flexibility index (Phi) is 67.9. The molecule has 3 atom stereocenters. The van der Waals surface area contributed by atoms with Gasteiger partial charge >= 0.3 is 0 Å². The highest BCUT2D eigenvalue weighted by atomic mass is 31.2. The fourth-order valence-electron chi connectivity index (χ4n) is 10.5. The number of allylic oxidation sites excluding steroid dienone is 23. The van der Waals surface area contributed by atoms with Gasteiger partial charge in [0.15, 0.2) is 0 Å². The molecule has 91 heavy (non-hydrogen) atoms. The highest BCUT2D eigenvalue weighted by Crippen LogP contribution is 2.38. The van der Waals surface area contributed by atoms with Crippen molar-refractivity contribution in [1.29, 1.82) is 0 Å². The van der Waals surface area contributed by atoms with Crippen molar-refractivity contribution in [2.75, 3.05) is 40.9 Å². The number of phosphoric ester groups is 1. The quantitative estimate of drug-likeness (QED) is 0.0272. The summed E-state index contributed by atoms with van der Waals surface area (Å²) in [5, 5.41) is 14.0. The van der Waals surface area contributed by atoms with Gasteiger partial charge in [0, 0.05) is 6.42 Å². The molecule has 0 aliphatic heterocycles. The standard InChI is InChI=1S/C82H143N2O6P/c1-6-8-10-12-14-16-18-20-22-24-26-28-30-32-34-36-38-40-41-42-43-44-46-48-50-52-54-56-58-60-62-64-66-68-70-72-74-76-82(86)83-80(79-90-91(87,88)89-78-77-84(3,4)5)81(85)75-73-71-69-67-65-63-61-59-57-55-53-51-49-47-45-39-37-35-33-31-29-27-25-23-21-19-17-15-13-11-9-7-2/h8,10,14,16,20,22,26,28,32,34,38,40,42-43,46,48,52,54,58,60,64,66,73,75,80-81,85H,6-7,9,11-13,15,17-19,21,23-25,27,29-31,33,35-37,39,41,44-45,47,49-51,53,55-57,59,61-63,65,67-72,74,76-79H2,1-5H3,(H-,83,86,87,88)/b10-8-,16-14-,22-20-,28-26-,34-32-,40-38-,43-42-,48-46-,54-52-,60-58-,66-64-,75-73+. The van der Waals surface area contributed by atoms with Crippen LogP contribution in [0.2, 0.25) is 0 Å². The van der Waals surface area contributed by atoms with Gasteiger partial charge in [-0.05, 0) is 103 Å². The van der Waals surface area contributed by atoms with E-state index in [9.17, 15) is 19.4 Å². The number of quaternary nitrogens is 1. The molecule has 3 unspecified atom stereocenters. The summed E-state index contributed by atoms with van der Waals surface area (Å²) in [5.74, 6) is -0.231. The monoisotopic (exact) mass is 1280 g/mol. The second-order valence-corrected chi connectivity index (χ2v) is 27.7. The summed E-state index contributed by atoms with van der Waals surface area (Å²) in [6.45, 7) is 4.53. The molecule has 0 aliphatic carbocycles. The van der Waals surface area contributed by atoms with Gasteiger partial charge in [-0.2, -0.15) is 0 Å². The molecule has 2 N–H and O–H groups in total. The maximum atomic E-state index is 13.0. The van der Waals surface area contributed by atoms with Crippen LogP contribution >= 0.6 is 7.82 Å². The number of aliphatic hydroxyl groups is 1. The lowest BCUT2D eigenvalue weighted by Gasteiger charge is -2.29. The van der Waals surface area contributed by atoms with E-state index in [1.54, 1.807) is 6.08 Å². The topological polar surface area (TPSA) is 108 Å². The van der Waals surface area contributed by atoms with E-state index in [0.29, 0.717) is 23.9 Å². The van der Waals surface area contributed by atoms with Gasteiger partial charge in [-0.15, -0.1) is 0 Å². The van der Waals surface area contributed by atoms with E-state index >= 15 is 0 Å². The first-order valence-electron chi connectivity index (χ1n) is 37.7. The van der Waals surface area contributed by atoms with E-state index in [0.717, 1.165) is 109 Å². The first kappa shape index (κ1) is 87.4. The molecule has 0 heterocycles. The minimum absolute atomic E-state index is 0.0151. The van der Waals surface area contributed by atoms with Crippen molar-refractivity contribution in [2.24, 2.45) is 0 Å². The molecule has 8 nitrogen and oxygen atoms in total. The Bertz CT molecular complexity index is 2000.